The summed E-state index contributed by atoms with van der Waals surface area (Å²) >= 11 is 0.844. The lowest BCUT2D eigenvalue weighted by atomic mass is 10.1. The molecular weight excluding hydrogens is 475 g/mol. The Hall–Kier alpha value is -2.89. The molecule has 0 fully saturated rings. The number of carbonyl (C=O) groups excluding carboxylic acids is 3. The van der Waals surface area contributed by atoms with Gasteiger partial charge in [-0.25, -0.2) is 9.59 Å². The number of esters is 2. The molecule has 8 nitrogen and oxygen atoms in total. The fraction of sp³-hybridized carbons (Fsp3) is 0.545. The topological polar surface area (TPSA) is 99.5 Å². The Morgan fingerprint density at radius 1 is 1.15 bits per heavy atom. The van der Waals surface area contributed by atoms with Crippen molar-refractivity contribution in [3.05, 3.63) is 33.0 Å². The molecule has 1 N–H and O–H groups in total. The normalized spacial score (nSPS) is 13.7. The third kappa shape index (κ3) is 5.43. The van der Waals surface area contributed by atoms with Crippen molar-refractivity contribution in [3.8, 4) is 0 Å². The van der Waals surface area contributed by atoms with E-state index in [1.165, 1.54) is 14.0 Å². The van der Waals surface area contributed by atoms with Crippen LogP contribution in [0.5, 0.6) is 0 Å². The van der Waals surface area contributed by atoms with Crippen LogP contribution in [-0.2, 0) is 39.8 Å². The molecule has 1 amide bonds. The maximum Gasteiger partial charge on any atom is 0.435 e. The summed E-state index contributed by atoms with van der Waals surface area (Å²) < 4.78 is 51.6. The summed E-state index contributed by atoms with van der Waals surface area (Å²) in [6.45, 7) is 3.03. The second kappa shape index (κ2) is 10.6. The number of fused-ring (bicyclic) bond motifs is 1. The van der Waals surface area contributed by atoms with E-state index in [-0.39, 0.29) is 34.0 Å². The molecule has 0 spiro atoms. The fourth-order valence-electron chi connectivity index (χ4n) is 3.91. The average Bonchev–Trinajstić information content (AvgIpc) is 3.17. The zero-order valence-corrected chi connectivity index (χ0v) is 20.0. The van der Waals surface area contributed by atoms with Crippen molar-refractivity contribution in [3.63, 3.8) is 0 Å². The van der Waals surface area contributed by atoms with Crippen LogP contribution in [-0.4, -0.2) is 41.3 Å². The predicted octanol–water partition coefficient (Wildman–Crippen LogP) is 4.53. The minimum Gasteiger partial charge on any atom is -0.465 e. The molecule has 3 rings (SSSR count). The van der Waals surface area contributed by atoms with Gasteiger partial charge >= 0.3 is 18.1 Å². The lowest BCUT2D eigenvalue weighted by Crippen LogP contribution is -2.22. The summed E-state index contributed by atoms with van der Waals surface area (Å²) in [5, 5.41) is 6.34. The number of anilines is 1. The number of carbonyl (C=O) groups is 3. The summed E-state index contributed by atoms with van der Waals surface area (Å²) in [6, 6.07) is 0. The Morgan fingerprint density at radius 3 is 2.50 bits per heavy atom. The highest BCUT2D eigenvalue weighted by atomic mass is 32.1. The number of nitrogens with one attached hydrogen (secondary N) is 1. The van der Waals surface area contributed by atoms with Gasteiger partial charge in [-0.2, -0.15) is 18.3 Å². The third-order valence-corrected chi connectivity index (χ3v) is 6.67. The van der Waals surface area contributed by atoms with E-state index in [0.29, 0.717) is 36.9 Å². The van der Waals surface area contributed by atoms with E-state index >= 15 is 0 Å². The summed E-state index contributed by atoms with van der Waals surface area (Å²) in [7, 11) is 1.19. The Bertz CT molecular complexity index is 1090. The van der Waals surface area contributed by atoms with Crippen LogP contribution in [0.4, 0.5) is 18.2 Å². The van der Waals surface area contributed by atoms with Gasteiger partial charge in [-0.05, 0) is 44.6 Å². The quantitative estimate of drug-likeness (QED) is 0.442. The van der Waals surface area contributed by atoms with E-state index in [2.05, 4.69) is 10.4 Å². The number of hydrogen-bond acceptors (Lipinski definition) is 7. The highest BCUT2D eigenvalue weighted by molar-refractivity contribution is 7.18. The minimum atomic E-state index is -4.62. The third-order valence-electron chi connectivity index (χ3n) is 5.48. The standard InChI is InChI=1S/C22H26F3N3O5S/c1-4-10-33-20(30)16-12(2)17(21(31)32-3)34-19(16)26-15(29)11-28-14-9-7-5-6-8-13(14)18(27-28)22(23,24)25/h4-11H2,1-3H3,(H,26,29). The highest BCUT2D eigenvalue weighted by Crippen LogP contribution is 2.36. The smallest absolute Gasteiger partial charge is 0.435 e. The Balaban J connectivity index is 1.91. The molecule has 0 saturated carbocycles. The monoisotopic (exact) mass is 501 g/mol. The summed E-state index contributed by atoms with van der Waals surface area (Å²) in [5.74, 6) is -2.07. The van der Waals surface area contributed by atoms with Gasteiger partial charge in [0.15, 0.2) is 5.69 Å². The van der Waals surface area contributed by atoms with Gasteiger partial charge in [-0.15, -0.1) is 11.3 Å². The molecule has 0 radical (unpaired) electrons. The van der Waals surface area contributed by atoms with E-state index in [9.17, 15) is 27.6 Å². The number of methoxy groups -OCH3 is 1. The number of ether oxygens (including phenoxy) is 2. The van der Waals surface area contributed by atoms with Crippen molar-refractivity contribution in [1.29, 1.82) is 0 Å². The summed E-state index contributed by atoms with van der Waals surface area (Å²) in [6.07, 6.45) is -1.26. The molecule has 2 heterocycles. The molecule has 1 aliphatic rings. The van der Waals surface area contributed by atoms with Crippen LogP contribution in [0.1, 0.15) is 75.2 Å². The van der Waals surface area contributed by atoms with E-state index in [4.69, 9.17) is 9.47 Å². The van der Waals surface area contributed by atoms with Gasteiger partial charge in [0.25, 0.3) is 0 Å². The molecule has 186 valence electrons. The van der Waals surface area contributed by atoms with Crippen LogP contribution in [0.25, 0.3) is 0 Å². The maximum absolute atomic E-state index is 13.5. The molecule has 0 aromatic carbocycles. The first-order valence-corrected chi connectivity index (χ1v) is 11.7. The van der Waals surface area contributed by atoms with Crippen LogP contribution in [0.3, 0.4) is 0 Å². The summed E-state index contributed by atoms with van der Waals surface area (Å²) in [5.41, 5.74) is -0.106. The number of rotatable bonds is 7. The van der Waals surface area contributed by atoms with Crippen molar-refractivity contribution < 1.29 is 37.0 Å². The van der Waals surface area contributed by atoms with E-state index < -0.39 is 36.3 Å². The lowest BCUT2D eigenvalue weighted by molar-refractivity contribution is -0.142. The minimum absolute atomic E-state index is 0.0162. The zero-order valence-electron chi connectivity index (χ0n) is 19.1. The van der Waals surface area contributed by atoms with Crippen LogP contribution in [0, 0.1) is 6.92 Å². The van der Waals surface area contributed by atoms with E-state index in [1.807, 2.05) is 6.92 Å². The zero-order chi connectivity index (χ0) is 25.0. The van der Waals surface area contributed by atoms with E-state index in [0.717, 1.165) is 22.4 Å². The van der Waals surface area contributed by atoms with Crippen molar-refractivity contribution in [2.24, 2.45) is 0 Å². The number of aromatic nitrogens is 2. The van der Waals surface area contributed by atoms with Crippen molar-refractivity contribution in [1.82, 2.24) is 9.78 Å². The van der Waals surface area contributed by atoms with Gasteiger partial charge in [0.2, 0.25) is 5.91 Å². The van der Waals surface area contributed by atoms with Crippen LogP contribution in [0.15, 0.2) is 0 Å². The first-order valence-electron chi connectivity index (χ1n) is 10.9. The van der Waals surface area contributed by atoms with Crippen LogP contribution >= 0.6 is 11.3 Å². The predicted molar refractivity (Wildman–Crippen MR) is 118 cm³/mol. The van der Waals surface area contributed by atoms with Gasteiger partial charge in [0, 0.05) is 11.3 Å². The van der Waals surface area contributed by atoms with Gasteiger partial charge < -0.3 is 14.8 Å². The average molecular weight is 502 g/mol. The first-order chi connectivity index (χ1) is 16.1. The molecule has 0 saturated heterocycles. The number of amides is 1. The highest BCUT2D eigenvalue weighted by Gasteiger charge is 2.39. The Morgan fingerprint density at radius 2 is 1.85 bits per heavy atom. The number of hydrogen-bond donors (Lipinski definition) is 1. The van der Waals surface area contributed by atoms with E-state index in [1.54, 1.807) is 0 Å². The van der Waals surface area contributed by atoms with Crippen molar-refractivity contribution in [2.45, 2.75) is 65.1 Å². The van der Waals surface area contributed by atoms with Gasteiger partial charge in [0.1, 0.15) is 16.4 Å². The molecule has 0 unspecified atom stereocenters. The number of nitrogens with zero attached hydrogens (tertiary/aromatic N) is 2. The lowest BCUT2D eigenvalue weighted by Gasteiger charge is -2.10. The molecule has 0 atom stereocenters. The second-order valence-corrected chi connectivity index (χ2v) is 8.95. The Kier molecular flexibility index (Phi) is 8.01. The van der Waals surface area contributed by atoms with Crippen LogP contribution < -0.4 is 5.32 Å². The number of halogens is 3. The maximum atomic E-state index is 13.5. The molecular formula is C22H26F3N3O5S. The first kappa shape index (κ1) is 25.7. The molecule has 34 heavy (non-hydrogen) atoms. The molecule has 12 heteroatoms. The molecule has 1 aliphatic carbocycles. The molecule has 2 aromatic heterocycles. The SMILES string of the molecule is CCCOC(=O)c1c(NC(=O)Cn2nc(C(F)(F)F)c3c2CCCCC3)sc(C(=O)OC)c1C. The largest absolute Gasteiger partial charge is 0.465 e. The fourth-order valence-corrected chi connectivity index (χ4v) is 5.04. The summed E-state index contributed by atoms with van der Waals surface area (Å²) in [4.78, 5) is 37.7. The van der Waals surface area contributed by atoms with Gasteiger partial charge in [0.05, 0.1) is 19.3 Å². The molecule has 0 aliphatic heterocycles. The second-order valence-electron chi connectivity index (χ2n) is 7.93. The van der Waals surface area contributed by atoms with Crippen molar-refractivity contribution >= 4 is 34.2 Å². The molecule has 0 bridgehead atoms. The number of alkyl halides is 3. The van der Waals surface area contributed by atoms with Crippen LogP contribution in [0.2, 0.25) is 0 Å². The Labute approximate surface area is 198 Å². The van der Waals surface area contributed by atoms with Gasteiger partial charge in [-0.1, -0.05) is 13.3 Å². The molecule has 2 aromatic rings. The van der Waals surface area contributed by atoms with Crippen molar-refractivity contribution in [2.75, 3.05) is 19.0 Å². The van der Waals surface area contributed by atoms with Gasteiger partial charge in [-0.3, -0.25) is 9.48 Å². The number of thiophene rings is 1.